The van der Waals surface area contributed by atoms with E-state index >= 15 is 0 Å². The molecule has 96 valence electrons. The Morgan fingerprint density at radius 1 is 1.22 bits per heavy atom. The Labute approximate surface area is 119 Å². The molecule has 0 aliphatic rings. The fourth-order valence-electron chi connectivity index (χ4n) is 2.04. The first-order chi connectivity index (χ1) is 8.52. The first-order valence-electron chi connectivity index (χ1n) is 5.72. The summed E-state index contributed by atoms with van der Waals surface area (Å²) in [5.74, 6) is -0.186. The summed E-state index contributed by atoms with van der Waals surface area (Å²) in [6.07, 6.45) is 0. The van der Waals surface area contributed by atoms with Crippen molar-refractivity contribution in [2.75, 3.05) is 7.05 Å². The van der Waals surface area contributed by atoms with Gasteiger partial charge < -0.3 is 5.32 Å². The van der Waals surface area contributed by atoms with Crippen molar-refractivity contribution in [2.45, 2.75) is 19.9 Å². The molecule has 0 saturated carbocycles. The second-order valence-electron chi connectivity index (χ2n) is 4.33. The highest BCUT2D eigenvalue weighted by molar-refractivity contribution is 9.11. The number of halogens is 2. The third kappa shape index (κ3) is 2.66. The van der Waals surface area contributed by atoms with Crippen molar-refractivity contribution in [1.82, 2.24) is 5.32 Å². The second kappa shape index (κ2) is 5.51. The molecule has 18 heavy (non-hydrogen) atoms. The first kappa shape index (κ1) is 13.7. The summed E-state index contributed by atoms with van der Waals surface area (Å²) in [5, 5.41) is 3.30. The molecule has 1 aromatic heterocycles. The molecule has 0 radical (unpaired) electrons. The second-order valence-corrected chi connectivity index (χ2v) is 6.73. The Morgan fingerprint density at radius 3 is 2.44 bits per heavy atom. The number of nitrogens with one attached hydrogen (secondary N) is 1. The maximum absolute atomic E-state index is 13.2. The van der Waals surface area contributed by atoms with Crippen LogP contribution in [0.15, 0.2) is 28.1 Å². The van der Waals surface area contributed by atoms with E-state index < -0.39 is 0 Å². The van der Waals surface area contributed by atoms with Crippen LogP contribution in [0.5, 0.6) is 0 Å². The van der Waals surface area contributed by atoms with E-state index in [4.69, 9.17) is 0 Å². The normalized spacial score (nSPS) is 12.7. The van der Waals surface area contributed by atoms with Crippen molar-refractivity contribution in [3.05, 3.63) is 55.4 Å². The lowest BCUT2D eigenvalue weighted by Crippen LogP contribution is -2.17. The predicted molar refractivity (Wildman–Crippen MR) is 78.8 cm³/mol. The SMILES string of the molecule is CNC(c1cc(C)c(Br)s1)c1ccc(F)cc1C. The van der Waals surface area contributed by atoms with Gasteiger partial charge in [0.05, 0.1) is 9.83 Å². The van der Waals surface area contributed by atoms with Gasteiger partial charge in [0.15, 0.2) is 0 Å². The van der Waals surface area contributed by atoms with Gasteiger partial charge in [-0.15, -0.1) is 11.3 Å². The Kier molecular flexibility index (Phi) is 4.20. The lowest BCUT2D eigenvalue weighted by molar-refractivity contribution is 0.622. The molecule has 2 aromatic rings. The Morgan fingerprint density at radius 2 is 1.94 bits per heavy atom. The average Bonchev–Trinajstić information content (AvgIpc) is 2.63. The van der Waals surface area contributed by atoms with Gasteiger partial charge in [-0.2, -0.15) is 0 Å². The minimum Gasteiger partial charge on any atom is -0.309 e. The van der Waals surface area contributed by atoms with Gasteiger partial charge in [-0.3, -0.25) is 0 Å². The summed E-state index contributed by atoms with van der Waals surface area (Å²) in [6.45, 7) is 4.02. The van der Waals surface area contributed by atoms with Gasteiger partial charge in [0.1, 0.15) is 5.82 Å². The number of thiophene rings is 1. The average molecular weight is 328 g/mol. The van der Waals surface area contributed by atoms with Crippen molar-refractivity contribution in [3.8, 4) is 0 Å². The van der Waals surface area contributed by atoms with Crippen LogP contribution in [0.2, 0.25) is 0 Å². The van der Waals surface area contributed by atoms with Crippen LogP contribution >= 0.6 is 27.3 Å². The van der Waals surface area contributed by atoms with Crippen LogP contribution in [0.25, 0.3) is 0 Å². The van der Waals surface area contributed by atoms with Crippen LogP contribution in [0.4, 0.5) is 4.39 Å². The van der Waals surface area contributed by atoms with Crippen LogP contribution < -0.4 is 5.32 Å². The summed E-state index contributed by atoms with van der Waals surface area (Å²) in [5.41, 5.74) is 3.32. The molecule has 1 atom stereocenters. The molecule has 4 heteroatoms. The third-order valence-electron chi connectivity index (χ3n) is 2.99. The van der Waals surface area contributed by atoms with E-state index in [9.17, 15) is 4.39 Å². The van der Waals surface area contributed by atoms with Crippen molar-refractivity contribution in [3.63, 3.8) is 0 Å². The highest BCUT2D eigenvalue weighted by atomic mass is 79.9. The van der Waals surface area contributed by atoms with Crippen molar-refractivity contribution < 1.29 is 4.39 Å². The summed E-state index contributed by atoms with van der Waals surface area (Å²) in [6, 6.07) is 7.23. The van der Waals surface area contributed by atoms with Gasteiger partial charge in [-0.05, 0) is 71.7 Å². The fourth-order valence-corrected chi connectivity index (χ4v) is 3.74. The topological polar surface area (TPSA) is 12.0 Å². The zero-order valence-electron chi connectivity index (χ0n) is 10.6. The Hall–Kier alpha value is -0.710. The van der Waals surface area contributed by atoms with E-state index in [0.29, 0.717) is 0 Å². The van der Waals surface area contributed by atoms with Gasteiger partial charge in [0.2, 0.25) is 0 Å². The molecule has 0 bridgehead atoms. The van der Waals surface area contributed by atoms with Crippen LogP contribution in [0.1, 0.15) is 27.6 Å². The zero-order valence-corrected chi connectivity index (χ0v) is 13.0. The standard InChI is InChI=1S/C14H15BrFNS/c1-8-6-10(16)4-5-11(8)13(17-3)12-7-9(2)14(15)18-12/h4-7,13,17H,1-3H3. The highest BCUT2D eigenvalue weighted by Gasteiger charge is 2.17. The predicted octanol–water partition coefficient (Wildman–Crippen LogP) is 4.58. The highest BCUT2D eigenvalue weighted by Crippen LogP contribution is 2.35. The van der Waals surface area contributed by atoms with Gasteiger partial charge in [0.25, 0.3) is 0 Å². The van der Waals surface area contributed by atoms with Gasteiger partial charge in [-0.25, -0.2) is 4.39 Å². The monoisotopic (exact) mass is 327 g/mol. The van der Waals surface area contributed by atoms with Crippen LogP contribution in [0.3, 0.4) is 0 Å². The maximum atomic E-state index is 13.2. The molecular formula is C14H15BrFNS. The molecule has 1 nitrogen and oxygen atoms in total. The molecule has 1 aromatic carbocycles. The van der Waals surface area contributed by atoms with E-state index in [0.717, 1.165) is 14.9 Å². The van der Waals surface area contributed by atoms with Crippen molar-refractivity contribution >= 4 is 27.3 Å². The van der Waals surface area contributed by atoms with E-state index in [1.807, 2.05) is 20.0 Å². The molecular weight excluding hydrogens is 313 g/mol. The minimum absolute atomic E-state index is 0.112. The van der Waals surface area contributed by atoms with Crippen LogP contribution in [-0.2, 0) is 0 Å². The molecule has 0 aliphatic carbocycles. The van der Waals surface area contributed by atoms with E-state index in [-0.39, 0.29) is 11.9 Å². The van der Waals surface area contributed by atoms with Crippen molar-refractivity contribution in [2.24, 2.45) is 0 Å². The lowest BCUT2D eigenvalue weighted by Gasteiger charge is -2.17. The van der Waals surface area contributed by atoms with Gasteiger partial charge in [-0.1, -0.05) is 6.07 Å². The maximum Gasteiger partial charge on any atom is 0.123 e. The number of benzene rings is 1. The smallest absolute Gasteiger partial charge is 0.123 e. The molecule has 0 aliphatic heterocycles. The molecule has 0 fully saturated rings. The minimum atomic E-state index is -0.186. The summed E-state index contributed by atoms with van der Waals surface area (Å²) in [7, 11) is 1.93. The largest absolute Gasteiger partial charge is 0.309 e. The number of hydrogen-bond donors (Lipinski definition) is 1. The van der Waals surface area contributed by atoms with E-state index in [2.05, 4.69) is 34.2 Å². The number of rotatable bonds is 3. The summed E-state index contributed by atoms with van der Waals surface area (Å²) < 4.78 is 14.3. The molecule has 0 spiro atoms. The Balaban J connectivity index is 2.45. The summed E-state index contributed by atoms with van der Waals surface area (Å²) >= 11 is 5.26. The van der Waals surface area contributed by atoms with E-state index in [1.54, 1.807) is 17.4 Å². The number of aryl methyl sites for hydroxylation is 2. The van der Waals surface area contributed by atoms with Gasteiger partial charge >= 0.3 is 0 Å². The molecule has 1 heterocycles. The van der Waals surface area contributed by atoms with Gasteiger partial charge in [0, 0.05) is 4.88 Å². The quantitative estimate of drug-likeness (QED) is 0.870. The molecule has 1 N–H and O–H groups in total. The third-order valence-corrected chi connectivity index (χ3v) is 5.19. The molecule has 2 rings (SSSR count). The van der Waals surface area contributed by atoms with Crippen molar-refractivity contribution in [1.29, 1.82) is 0 Å². The Bertz CT molecular complexity index is 545. The molecule has 0 saturated heterocycles. The zero-order chi connectivity index (χ0) is 13.3. The molecule has 0 amide bonds. The first-order valence-corrected chi connectivity index (χ1v) is 7.33. The van der Waals surface area contributed by atoms with Crippen LogP contribution in [-0.4, -0.2) is 7.05 Å². The lowest BCUT2D eigenvalue weighted by atomic mass is 10.00. The van der Waals surface area contributed by atoms with E-state index in [1.165, 1.54) is 16.5 Å². The summed E-state index contributed by atoms with van der Waals surface area (Å²) in [4.78, 5) is 1.23. The van der Waals surface area contributed by atoms with Crippen LogP contribution in [0, 0.1) is 19.7 Å². The molecule has 1 unspecified atom stereocenters. The number of hydrogen-bond acceptors (Lipinski definition) is 2. The fraction of sp³-hybridized carbons (Fsp3) is 0.286.